The van der Waals surface area contributed by atoms with E-state index in [2.05, 4.69) is 16.2 Å². The van der Waals surface area contributed by atoms with Crippen LogP contribution in [-0.4, -0.2) is 14.8 Å². The van der Waals surface area contributed by atoms with Crippen LogP contribution in [0.4, 0.5) is 5.69 Å². The zero-order valence-corrected chi connectivity index (χ0v) is 10.6. The molecule has 96 valence electrons. The lowest BCUT2D eigenvalue weighted by Crippen LogP contribution is -1.97. The van der Waals surface area contributed by atoms with Gasteiger partial charge in [-0.1, -0.05) is 18.2 Å². The van der Waals surface area contributed by atoms with Crippen molar-refractivity contribution in [2.24, 2.45) is 0 Å². The molecule has 0 fully saturated rings. The lowest BCUT2D eigenvalue weighted by molar-refractivity contribution is 0.850. The van der Waals surface area contributed by atoms with Gasteiger partial charge in [-0.3, -0.25) is 0 Å². The third-order valence-electron chi connectivity index (χ3n) is 2.91. The van der Waals surface area contributed by atoms with Crippen LogP contribution in [0.25, 0.3) is 17.1 Å². The maximum Gasteiger partial charge on any atom is 0.153 e. The van der Waals surface area contributed by atoms with Crippen LogP contribution in [0.1, 0.15) is 5.56 Å². The molecule has 0 bridgehead atoms. The van der Waals surface area contributed by atoms with E-state index >= 15 is 0 Å². The first kappa shape index (κ1) is 11.9. The molecule has 3 aromatic rings. The molecule has 0 saturated carbocycles. The molecular formula is C15H11N5. The van der Waals surface area contributed by atoms with Crippen molar-refractivity contribution >= 4 is 5.69 Å². The lowest BCUT2D eigenvalue weighted by Gasteiger charge is -1.99. The predicted octanol–water partition coefficient (Wildman–Crippen LogP) is 2.39. The molecule has 0 unspecified atom stereocenters. The van der Waals surface area contributed by atoms with Crippen molar-refractivity contribution in [3.8, 4) is 23.1 Å². The van der Waals surface area contributed by atoms with Gasteiger partial charge in [0.1, 0.15) is 5.69 Å². The zero-order chi connectivity index (χ0) is 13.9. The number of rotatable bonds is 2. The van der Waals surface area contributed by atoms with E-state index < -0.39 is 0 Å². The molecule has 0 aliphatic heterocycles. The Bertz CT molecular complexity index is 766. The summed E-state index contributed by atoms with van der Waals surface area (Å²) in [5.74, 6) is 0.707. The van der Waals surface area contributed by atoms with Crippen molar-refractivity contribution in [1.82, 2.24) is 14.8 Å². The van der Waals surface area contributed by atoms with Gasteiger partial charge in [0.15, 0.2) is 5.82 Å². The number of hydrogen-bond donors (Lipinski definition) is 1. The van der Waals surface area contributed by atoms with Crippen LogP contribution >= 0.6 is 0 Å². The van der Waals surface area contributed by atoms with Gasteiger partial charge in [0.25, 0.3) is 0 Å². The van der Waals surface area contributed by atoms with Gasteiger partial charge >= 0.3 is 0 Å². The standard InChI is InChI=1S/C15H11N5/c16-9-11-4-6-12(7-5-11)15-13(17)10-20(19-15)14-3-1-2-8-18-14/h1-8,10H,17H2. The topological polar surface area (TPSA) is 80.5 Å². The molecule has 0 atom stereocenters. The van der Waals surface area contributed by atoms with E-state index in [4.69, 9.17) is 11.0 Å². The Morgan fingerprint density at radius 1 is 1.10 bits per heavy atom. The Balaban J connectivity index is 2.03. The van der Waals surface area contributed by atoms with Crippen LogP contribution in [-0.2, 0) is 0 Å². The molecule has 2 aromatic heterocycles. The summed E-state index contributed by atoms with van der Waals surface area (Å²) in [6.07, 6.45) is 3.43. The summed E-state index contributed by atoms with van der Waals surface area (Å²) in [5, 5.41) is 13.3. The maximum atomic E-state index is 8.80. The second-order valence-corrected chi connectivity index (χ2v) is 4.25. The number of nitrogens with zero attached hydrogens (tertiary/aromatic N) is 4. The van der Waals surface area contributed by atoms with E-state index in [1.54, 1.807) is 29.2 Å². The monoisotopic (exact) mass is 261 g/mol. The van der Waals surface area contributed by atoms with Crippen molar-refractivity contribution in [1.29, 1.82) is 5.26 Å². The molecule has 5 heteroatoms. The SMILES string of the molecule is N#Cc1ccc(-c2nn(-c3ccccn3)cc2N)cc1. The Hall–Kier alpha value is -3.13. The quantitative estimate of drug-likeness (QED) is 0.768. The van der Waals surface area contributed by atoms with Gasteiger partial charge in [0.2, 0.25) is 0 Å². The number of aromatic nitrogens is 3. The molecule has 2 N–H and O–H groups in total. The van der Waals surface area contributed by atoms with Gasteiger partial charge in [0.05, 0.1) is 23.5 Å². The fourth-order valence-corrected chi connectivity index (χ4v) is 1.92. The van der Waals surface area contributed by atoms with Crippen LogP contribution in [0, 0.1) is 11.3 Å². The molecule has 0 spiro atoms. The Labute approximate surface area is 115 Å². The molecule has 0 aliphatic carbocycles. The smallest absolute Gasteiger partial charge is 0.153 e. The van der Waals surface area contributed by atoms with Crippen LogP contribution in [0.5, 0.6) is 0 Å². The summed E-state index contributed by atoms with van der Waals surface area (Å²) in [6.45, 7) is 0. The first-order valence-electron chi connectivity index (χ1n) is 6.05. The van der Waals surface area contributed by atoms with E-state index in [0.29, 0.717) is 22.8 Å². The van der Waals surface area contributed by atoms with Gasteiger partial charge in [-0.05, 0) is 24.3 Å². The highest BCUT2D eigenvalue weighted by atomic mass is 15.3. The molecule has 3 rings (SSSR count). The highest BCUT2D eigenvalue weighted by molar-refractivity contribution is 5.72. The highest BCUT2D eigenvalue weighted by Gasteiger charge is 2.10. The normalized spacial score (nSPS) is 10.2. The largest absolute Gasteiger partial charge is 0.396 e. The molecule has 0 aliphatic rings. The molecule has 5 nitrogen and oxygen atoms in total. The van der Waals surface area contributed by atoms with E-state index in [-0.39, 0.29) is 0 Å². The molecule has 1 aromatic carbocycles. The summed E-state index contributed by atoms with van der Waals surface area (Å²) in [6, 6.07) is 14.8. The number of nitrogens with two attached hydrogens (primary N) is 1. The first-order valence-corrected chi connectivity index (χ1v) is 6.05. The van der Waals surface area contributed by atoms with Gasteiger partial charge in [-0.2, -0.15) is 10.4 Å². The number of hydrogen-bond acceptors (Lipinski definition) is 4. The minimum Gasteiger partial charge on any atom is -0.396 e. The Kier molecular flexibility index (Phi) is 2.90. The molecule has 20 heavy (non-hydrogen) atoms. The first-order chi connectivity index (χ1) is 9.78. The third-order valence-corrected chi connectivity index (χ3v) is 2.91. The van der Waals surface area contributed by atoms with Crippen LogP contribution in [0.3, 0.4) is 0 Å². The van der Waals surface area contributed by atoms with Crippen molar-refractivity contribution in [3.63, 3.8) is 0 Å². The van der Waals surface area contributed by atoms with Gasteiger partial charge < -0.3 is 5.73 Å². The number of benzene rings is 1. The zero-order valence-electron chi connectivity index (χ0n) is 10.6. The van der Waals surface area contributed by atoms with E-state index in [1.165, 1.54) is 0 Å². The fraction of sp³-hybridized carbons (Fsp3) is 0. The number of anilines is 1. The molecular weight excluding hydrogens is 250 g/mol. The molecule has 2 heterocycles. The minimum absolute atomic E-state index is 0.570. The van der Waals surface area contributed by atoms with Crippen molar-refractivity contribution in [2.75, 3.05) is 5.73 Å². The number of nitriles is 1. The minimum atomic E-state index is 0.570. The fourth-order valence-electron chi connectivity index (χ4n) is 1.92. The van der Waals surface area contributed by atoms with E-state index in [1.807, 2.05) is 30.3 Å². The molecule has 0 saturated heterocycles. The Morgan fingerprint density at radius 2 is 1.90 bits per heavy atom. The number of nitrogen functional groups attached to an aromatic ring is 1. The average Bonchev–Trinajstić information content (AvgIpc) is 2.90. The third kappa shape index (κ3) is 2.10. The van der Waals surface area contributed by atoms with Gasteiger partial charge in [-0.25, -0.2) is 9.67 Å². The maximum absolute atomic E-state index is 8.80. The van der Waals surface area contributed by atoms with Crippen molar-refractivity contribution in [3.05, 3.63) is 60.4 Å². The molecule has 0 radical (unpaired) electrons. The number of pyridine rings is 1. The van der Waals surface area contributed by atoms with Gasteiger partial charge in [0, 0.05) is 11.8 Å². The Morgan fingerprint density at radius 3 is 2.55 bits per heavy atom. The predicted molar refractivity (Wildman–Crippen MR) is 75.9 cm³/mol. The van der Waals surface area contributed by atoms with Crippen molar-refractivity contribution in [2.45, 2.75) is 0 Å². The van der Waals surface area contributed by atoms with E-state index in [9.17, 15) is 0 Å². The lowest BCUT2D eigenvalue weighted by atomic mass is 10.1. The second-order valence-electron chi connectivity index (χ2n) is 4.25. The summed E-state index contributed by atoms with van der Waals surface area (Å²) in [4.78, 5) is 4.23. The summed E-state index contributed by atoms with van der Waals surface area (Å²) < 4.78 is 1.64. The summed E-state index contributed by atoms with van der Waals surface area (Å²) in [5.41, 5.74) is 8.73. The average molecular weight is 261 g/mol. The van der Waals surface area contributed by atoms with Crippen LogP contribution in [0.15, 0.2) is 54.9 Å². The molecule has 0 amide bonds. The van der Waals surface area contributed by atoms with Gasteiger partial charge in [-0.15, -0.1) is 0 Å². The van der Waals surface area contributed by atoms with Crippen molar-refractivity contribution < 1.29 is 0 Å². The van der Waals surface area contributed by atoms with Crippen LogP contribution < -0.4 is 5.73 Å². The summed E-state index contributed by atoms with van der Waals surface area (Å²) in [7, 11) is 0. The highest BCUT2D eigenvalue weighted by Crippen LogP contribution is 2.25. The second kappa shape index (κ2) is 4.86. The van der Waals surface area contributed by atoms with Crippen LogP contribution in [0.2, 0.25) is 0 Å². The summed E-state index contributed by atoms with van der Waals surface area (Å²) >= 11 is 0. The van der Waals surface area contributed by atoms with E-state index in [0.717, 1.165) is 5.56 Å².